The van der Waals surface area contributed by atoms with Crippen molar-refractivity contribution >= 4 is 27.8 Å². The lowest BCUT2D eigenvalue weighted by molar-refractivity contribution is -0.0818. The van der Waals surface area contributed by atoms with Gasteiger partial charge in [-0.2, -0.15) is 0 Å². The molecular weight excluding hydrogens is 536 g/mol. The van der Waals surface area contributed by atoms with Crippen LogP contribution in [-0.2, 0) is 27.7 Å². The quantitative estimate of drug-likeness (QED) is 0.137. The van der Waals surface area contributed by atoms with E-state index in [0.29, 0.717) is 0 Å². The van der Waals surface area contributed by atoms with E-state index in [1.54, 1.807) is 0 Å². The first-order valence-corrected chi connectivity index (χ1v) is 13.3. The topological polar surface area (TPSA) is 292 Å². The van der Waals surface area contributed by atoms with Crippen molar-refractivity contribution in [3.8, 4) is 0 Å². The number of hydrogen-bond donors (Lipinski definition) is 9. The summed E-state index contributed by atoms with van der Waals surface area (Å²) in [5.41, 5.74) is 6.34. The van der Waals surface area contributed by atoms with Crippen molar-refractivity contribution < 1.29 is 67.7 Å². The highest BCUT2D eigenvalue weighted by Crippen LogP contribution is 2.42. The number of rotatable bonds is 8. The van der Waals surface area contributed by atoms with Gasteiger partial charge in [0.2, 0.25) is 0 Å². The maximum absolute atomic E-state index is 10.9. The molecule has 3 aliphatic rings. The van der Waals surface area contributed by atoms with Gasteiger partial charge in [0.05, 0.1) is 25.9 Å². The molecule has 204 valence electrons. The number of nitrogens with zero attached hydrogens (tertiary/aromatic N) is 4. The Kier molecular flexibility index (Phi) is 7.73. The number of fused-ring (bicyclic) bond motifs is 1. The number of phosphoric acid groups is 2. The van der Waals surface area contributed by atoms with E-state index >= 15 is 0 Å². The van der Waals surface area contributed by atoms with Gasteiger partial charge in [-0.05, 0) is 0 Å². The van der Waals surface area contributed by atoms with Crippen molar-refractivity contribution in [3.63, 3.8) is 0 Å². The van der Waals surface area contributed by atoms with E-state index in [2.05, 4.69) is 19.0 Å². The summed E-state index contributed by atoms with van der Waals surface area (Å²) in [6.45, 7) is -1.43. The van der Waals surface area contributed by atoms with Gasteiger partial charge >= 0.3 is 15.6 Å². The van der Waals surface area contributed by atoms with E-state index in [-0.39, 0.29) is 11.5 Å². The molecule has 36 heavy (non-hydrogen) atoms. The molecule has 1 aromatic heterocycles. The summed E-state index contributed by atoms with van der Waals surface area (Å²) in [4.78, 5) is 44.9. The minimum Gasteiger partial charge on any atom is -0.387 e. The van der Waals surface area contributed by atoms with Crippen molar-refractivity contribution in [1.82, 2.24) is 14.5 Å². The van der Waals surface area contributed by atoms with Crippen molar-refractivity contribution in [2.45, 2.75) is 55.2 Å². The van der Waals surface area contributed by atoms with Crippen molar-refractivity contribution in [2.75, 3.05) is 13.2 Å². The molecule has 0 saturated carbocycles. The van der Waals surface area contributed by atoms with Gasteiger partial charge < -0.3 is 60.1 Å². The minimum atomic E-state index is -4.85. The molecular formula is C15H25N5O14P2. The van der Waals surface area contributed by atoms with Gasteiger partial charge in [-0.15, -0.1) is 0 Å². The molecule has 4 heterocycles. The Morgan fingerprint density at radius 1 is 0.889 bits per heavy atom. The Morgan fingerprint density at radius 3 is 1.92 bits per heavy atom. The largest absolute Gasteiger partial charge is 0.469 e. The second kappa shape index (κ2) is 10.1. The fraction of sp³-hybridized carbons (Fsp3) is 0.733. The van der Waals surface area contributed by atoms with Gasteiger partial charge in [-0.1, -0.05) is 0 Å². The number of ether oxygens (including phenoxy) is 2. The molecule has 0 amide bonds. The molecule has 21 heteroatoms. The lowest BCUT2D eigenvalue weighted by Crippen LogP contribution is -2.48. The van der Waals surface area contributed by atoms with Crippen LogP contribution in [0.2, 0.25) is 0 Å². The molecule has 2 fully saturated rings. The smallest absolute Gasteiger partial charge is 0.387 e. The highest BCUT2D eigenvalue weighted by Gasteiger charge is 2.49. The first-order chi connectivity index (χ1) is 16.7. The van der Waals surface area contributed by atoms with E-state index < -0.39 is 84.1 Å². The Labute approximate surface area is 201 Å². The monoisotopic (exact) mass is 561 g/mol. The van der Waals surface area contributed by atoms with Crippen molar-refractivity contribution in [1.29, 1.82) is 0 Å². The van der Waals surface area contributed by atoms with E-state index in [0.717, 1.165) is 6.34 Å². The summed E-state index contributed by atoms with van der Waals surface area (Å²) < 4.78 is 42.8. The predicted molar refractivity (Wildman–Crippen MR) is 112 cm³/mol. The van der Waals surface area contributed by atoms with Crippen molar-refractivity contribution in [2.24, 2.45) is 10.7 Å². The number of aliphatic imine (C=N–C) groups is 1. The maximum atomic E-state index is 10.9. The molecule has 0 aromatic carbocycles. The van der Waals surface area contributed by atoms with E-state index in [4.69, 9.17) is 34.8 Å². The predicted octanol–water partition coefficient (Wildman–Crippen LogP) is -3.90. The summed E-state index contributed by atoms with van der Waals surface area (Å²) in [6, 6.07) is 0. The lowest BCUT2D eigenvalue weighted by atomic mass is 10.1. The standard InChI is InChI=1S/C15H25N5O14P2/c16-12-7-13(18-4-19(12)14-10(23)8(21)5(33-14)1-31-35(25,26)27)20(3-17-7)15-11(24)9(22)6(34-15)2-32-36(28,29)30/h3-6,8-12,14-15,21-24H,1-2,16H2,(H2,25,26,27)(H2,28,29,30)/t5-,6-,8-,9-,10-,11-,12?,14-,15-/m1/s1. The number of aliphatic hydroxyl groups is 4. The molecule has 2 saturated heterocycles. The molecule has 0 bridgehead atoms. The first-order valence-electron chi connectivity index (χ1n) is 10.2. The third-order valence-corrected chi connectivity index (χ3v) is 6.74. The molecule has 10 N–H and O–H groups in total. The Morgan fingerprint density at radius 2 is 1.39 bits per heavy atom. The summed E-state index contributed by atoms with van der Waals surface area (Å²) in [5.74, 6) is 0.0842. The first kappa shape index (κ1) is 27.6. The van der Waals surface area contributed by atoms with Crippen LogP contribution < -0.4 is 5.73 Å². The number of aromatic nitrogens is 2. The van der Waals surface area contributed by atoms with Crippen LogP contribution in [-0.4, -0.2) is 117 Å². The van der Waals surface area contributed by atoms with Crippen LogP contribution in [0.3, 0.4) is 0 Å². The number of phosphoric ester groups is 2. The van der Waals surface area contributed by atoms with Gasteiger partial charge in [0.1, 0.15) is 48.5 Å². The van der Waals surface area contributed by atoms with Crippen LogP contribution in [0, 0.1) is 0 Å². The summed E-state index contributed by atoms with van der Waals surface area (Å²) >= 11 is 0. The van der Waals surface area contributed by atoms with Crippen LogP contribution in [0.5, 0.6) is 0 Å². The number of aliphatic hydroxyl groups excluding tert-OH is 4. The van der Waals surface area contributed by atoms with Crippen LogP contribution in [0.1, 0.15) is 18.1 Å². The van der Waals surface area contributed by atoms with Crippen molar-refractivity contribution in [3.05, 3.63) is 12.0 Å². The van der Waals surface area contributed by atoms with Gasteiger partial charge in [-0.25, -0.2) is 19.1 Å². The molecule has 19 nitrogen and oxygen atoms in total. The van der Waals surface area contributed by atoms with Gasteiger partial charge in [0.15, 0.2) is 18.3 Å². The summed E-state index contributed by atoms with van der Waals surface area (Å²) in [6.07, 6.45) is -10.2. The van der Waals surface area contributed by atoms with Crippen LogP contribution in [0.25, 0.3) is 0 Å². The zero-order chi connectivity index (χ0) is 26.6. The van der Waals surface area contributed by atoms with Gasteiger partial charge in [0.25, 0.3) is 0 Å². The second-order valence-electron chi connectivity index (χ2n) is 8.16. The molecule has 1 unspecified atom stereocenters. The SMILES string of the molecule is NC1c2ncn([C@@H]3O[C@H](COP(=O)(O)O)[C@@H](O)[C@H]3O)c2N=CN1[C@@H]1O[C@H](COP(=O)(O)O)[C@@H](O)[C@H]1O. The minimum absolute atomic E-state index is 0.0842. The Hall–Kier alpha value is -1.38. The third kappa shape index (κ3) is 5.56. The van der Waals surface area contributed by atoms with Gasteiger partial charge in [0, 0.05) is 0 Å². The second-order valence-corrected chi connectivity index (χ2v) is 10.6. The van der Waals surface area contributed by atoms with Gasteiger partial charge in [-0.3, -0.25) is 13.6 Å². The molecule has 0 spiro atoms. The molecule has 1 aromatic rings. The highest BCUT2D eigenvalue weighted by molar-refractivity contribution is 7.46. The van der Waals surface area contributed by atoms with Crippen LogP contribution in [0.15, 0.2) is 11.3 Å². The molecule has 0 radical (unpaired) electrons. The zero-order valence-electron chi connectivity index (χ0n) is 18.1. The van der Waals surface area contributed by atoms with E-state index in [1.807, 2.05) is 0 Å². The summed E-state index contributed by atoms with van der Waals surface area (Å²) in [5, 5.41) is 41.2. The van der Waals surface area contributed by atoms with E-state index in [9.17, 15) is 29.6 Å². The average molecular weight is 561 g/mol. The molecule has 0 aliphatic carbocycles. The Bertz CT molecular complexity index is 1080. The molecule has 9 atom stereocenters. The van der Waals surface area contributed by atoms with E-state index in [1.165, 1.54) is 15.8 Å². The lowest BCUT2D eigenvalue weighted by Gasteiger charge is -2.35. The van der Waals surface area contributed by atoms with Crippen LogP contribution in [0.4, 0.5) is 5.82 Å². The van der Waals surface area contributed by atoms with Crippen LogP contribution >= 0.6 is 15.6 Å². The maximum Gasteiger partial charge on any atom is 0.469 e. The normalized spacial score (nSPS) is 37.0. The average Bonchev–Trinajstić information content (AvgIpc) is 3.41. The zero-order valence-corrected chi connectivity index (χ0v) is 19.8. The molecule has 4 rings (SSSR count). The number of imidazole rings is 1. The fourth-order valence-electron chi connectivity index (χ4n) is 4.01. The number of nitrogens with two attached hydrogens (primary N) is 1. The molecule has 3 aliphatic heterocycles. The highest BCUT2D eigenvalue weighted by atomic mass is 31.2. The summed E-state index contributed by atoms with van der Waals surface area (Å²) in [7, 11) is -9.70. The third-order valence-electron chi connectivity index (χ3n) is 5.77. The number of hydrogen-bond acceptors (Lipinski definition) is 14. The fourth-order valence-corrected chi connectivity index (χ4v) is 4.69. The Balaban J connectivity index is 1.48.